The van der Waals surface area contributed by atoms with Crippen molar-refractivity contribution in [3.63, 3.8) is 0 Å². The standard InChI is InChI=1S/C14H22ClN3O2/c1-4-11(5-2)18(6-7-19)14(20)10-8-12(15)17-13(9-10)16-3/h8-9,11,19H,4-7H2,1-3H3,(H,16,17). The van der Waals surface area contributed by atoms with Crippen LogP contribution in [0.3, 0.4) is 0 Å². The second-order valence-electron chi connectivity index (χ2n) is 4.51. The van der Waals surface area contributed by atoms with Gasteiger partial charge in [0.2, 0.25) is 0 Å². The first-order chi connectivity index (χ1) is 9.57. The number of carbonyl (C=O) groups excluding carboxylic acids is 1. The Morgan fingerprint density at radius 3 is 2.60 bits per heavy atom. The molecule has 0 bridgehead atoms. The van der Waals surface area contributed by atoms with Crippen LogP contribution in [0.5, 0.6) is 0 Å². The molecule has 20 heavy (non-hydrogen) atoms. The van der Waals surface area contributed by atoms with Crippen LogP contribution in [0.4, 0.5) is 5.82 Å². The zero-order chi connectivity index (χ0) is 15.1. The Morgan fingerprint density at radius 1 is 1.45 bits per heavy atom. The zero-order valence-electron chi connectivity index (χ0n) is 12.2. The molecule has 6 heteroatoms. The normalized spacial score (nSPS) is 10.7. The lowest BCUT2D eigenvalue weighted by Crippen LogP contribution is -2.41. The molecule has 2 N–H and O–H groups in total. The van der Waals surface area contributed by atoms with E-state index in [4.69, 9.17) is 11.6 Å². The Balaban J connectivity index is 3.08. The highest BCUT2D eigenvalue weighted by atomic mass is 35.5. The van der Waals surface area contributed by atoms with Gasteiger partial charge in [0.25, 0.3) is 5.91 Å². The van der Waals surface area contributed by atoms with E-state index in [1.807, 2.05) is 13.8 Å². The van der Waals surface area contributed by atoms with Gasteiger partial charge in [-0.3, -0.25) is 4.79 Å². The van der Waals surface area contributed by atoms with E-state index in [0.717, 1.165) is 12.8 Å². The van der Waals surface area contributed by atoms with E-state index in [1.54, 1.807) is 24.1 Å². The monoisotopic (exact) mass is 299 g/mol. The number of amides is 1. The molecule has 0 saturated heterocycles. The fourth-order valence-corrected chi connectivity index (χ4v) is 2.41. The highest BCUT2D eigenvalue weighted by Crippen LogP contribution is 2.18. The maximum atomic E-state index is 12.6. The molecule has 0 aliphatic rings. The van der Waals surface area contributed by atoms with Crippen molar-refractivity contribution in [2.75, 3.05) is 25.5 Å². The van der Waals surface area contributed by atoms with Crippen molar-refractivity contribution >= 4 is 23.3 Å². The van der Waals surface area contributed by atoms with E-state index < -0.39 is 0 Å². The van der Waals surface area contributed by atoms with E-state index in [-0.39, 0.29) is 23.7 Å². The Hall–Kier alpha value is -1.33. The first-order valence-electron chi connectivity index (χ1n) is 6.84. The number of pyridine rings is 1. The molecule has 1 rings (SSSR count). The van der Waals surface area contributed by atoms with Gasteiger partial charge in [-0.1, -0.05) is 25.4 Å². The van der Waals surface area contributed by atoms with Crippen LogP contribution in [0.25, 0.3) is 0 Å². The Morgan fingerprint density at radius 2 is 2.10 bits per heavy atom. The number of aromatic nitrogens is 1. The molecule has 0 fully saturated rings. The average Bonchev–Trinajstić information content (AvgIpc) is 2.46. The summed E-state index contributed by atoms with van der Waals surface area (Å²) in [6.45, 7) is 4.33. The van der Waals surface area contributed by atoms with Gasteiger partial charge in [0, 0.05) is 25.2 Å². The Bertz CT molecular complexity index is 450. The third-order valence-corrected chi connectivity index (χ3v) is 3.48. The van der Waals surface area contributed by atoms with E-state index >= 15 is 0 Å². The van der Waals surface area contributed by atoms with Gasteiger partial charge in [-0.05, 0) is 25.0 Å². The number of nitrogens with zero attached hydrogens (tertiary/aromatic N) is 2. The molecule has 112 valence electrons. The van der Waals surface area contributed by atoms with Crippen molar-refractivity contribution in [3.8, 4) is 0 Å². The third-order valence-electron chi connectivity index (χ3n) is 3.28. The molecule has 0 unspecified atom stereocenters. The van der Waals surface area contributed by atoms with Crippen LogP contribution in [-0.2, 0) is 0 Å². The van der Waals surface area contributed by atoms with Crippen molar-refractivity contribution in [1.82, 2.24) is 9.88 Å². The summed E-state index contributed by atoms with van der Waals surface area (Å²) in [4.78, 5) is 18.4. The average molecular weight is 300 g/mol. The van der Waals surface area contributed by atoms with Crippen LogP contribution in [0.2, 0.25) is 5.15 Å². The van der Waals surface area contributed by atoms with E-state index in [9.17, 15) is 9.90 Å². The summed E-state index contributed by atoms with van der Waals surface area (Å²) in [6.07, 6.45) is 1.69. The van der Waals surface area contributed by atoms with Gasteiger partial charge >= 0.3 is 0 Å². The lowest BCUT2D eigenvalue weighted by molar-refractivity contribution is 0.0622. The molecule has 5 nitrogen and oxygen atoms in total. The summed E-state index contributed by atoms with van der Waals surface area (Å²) < 4.78 is 0. The molecule has 1 aromatic heterocycles. The quantitative estimate of drug-likeness (QED) is 0.759. The summed E-state index contributed by atoms with van der Waals surface area (Å²) in [5.41, 5.74) is 0.481. The van der Waals surface area contributed by atoms with Gasteiger partial charge in [0.15, 0.2) is 0 Å². The molecule has 0 radical (unpaired) electrons. The molecule has 0 atom stereocenters. The summed E-state index contributed by atoms with van der Waals surface area (Å²) >= 11 is 5.93. The van der Waals surface area contributed by atoms with Gasteiger partial charge < -0.3 is 15.3 Å². The first kappa shape index (κ1) is 16.7. The van der Waals surface area contributed by atoms with Crippen molar-refractivity contribution in [3.05, 3.63) is 22.8 Å². The minimum absolute atomic E-state index is 0.0556. The SMILES string of the molecule is CCC(CC)N(CCO)C(=O)c1cc(Cl)nc(NC)c1. The number of nitrogens with one attached hydrogen (secondary N) is 1. The predicted octanol–water partition coefficient (Wildman–Crippen LogP) is 2.40. The van der Waals surface area contributed by atoms with Gasteiger partial charge in [-0.15, -0.1) is 0 Å². The molecular weight excluding hydrogens is 278 g/mol. The second-order valence-corrected chi connectivity index (χ2v) is 4.89. The minimum atomic E-state index is -0.131. The summed E-state index contributed by atoms with van der Waals surface area (Å²) in [7, 11) is 1.72. The van der Waals surface area contributed by atoms with E-state index in [2.05, 4.69) is 10.3 Å². The van der Waals surface area contributed by atoms with Crippen molar-refractivity contribution in [2.24, 2.45) is 0 Å². The lowest BCUT2D eigenvalue weighted by Gasteiger charge is -2.30. The molecule has 0 aromatic carbocycles. The van der Waals surface area contributed by atoms with E-state index in [1.165, 1.54) is 0 Å². The summed E-state index contributed by atoms with van der Waals surface area (Å²) in [5.74, 6) is 0.419. The second kappa shape index (κ2) is 8.07. The van der Waals surface area contributed by atoms with Gasteiger partial charge in [-0.25, -0.2) is 4.98 Å². The van der Waals surface area contributed by atoms with Crippen LogP contribution >= 0.6 is 11.6 Å². The van der Waals surface area contributed by atoms with Crippen LogP contribution in [0, 0.1) is 0 Å². The van der Waals surface area contributed by atoms with Crippen molar-refractivity contribution in [2.45, 2.75) is 32.7 Å². The molecule has 1 amide bonds. The Kier molecular flexibility index (Phi) is 6.75. The molecule has 0 saturated carbocycles. The van der Waals surface area contributed by atoms with Gasteiger partial charge in [-0.2, -0.15) is 0 Å². The highest BCUT2D eigenvalue weighted by molar-refractivity contribution is 6.29. The smallest absolute Gasteiger partial charge is 0.254 e. The summed E-state index contributed by atoms with van der Waals surface area (Å²) in [6, 6.07) is 3.33. The fourth-order valence-electron chi connectivity index (χ4n) is 2.20. The number of halogens is 1. The summed E-state index contributed by atoms with van der Waals surface area (Å²) in [5, 5.41) is 12.3. The number of aliphatic hydroxyl groups is 1. The van der Waals surface area contributed by atoms with E-state index in [0.29, 0.717) is 17.9 Å². The van der Waals surface area contributed by atoms with Crippen LogP contribution < -0.4 is 5.32 Å². The van der Waals surface area contributed by atoms with Gasteiger partial charge in [0.1, 0.15) is 11.0 Å². The maximum absolute atomic E-state index is 12.6. The maximum Gasteiger partial charge on any atom is 0.254 e. The molecule has 0 aliphatic heterocycles. The topological polar surface area (TPSA) is 65.5 Å². The molecule has 1 heterocycles. The molecule has 0 aliphatic carbocycles. The largest absolute Gasteiger partial charge is 0.395 e. The number of aliphatic hydroxyl groups excluding tert-OH is 1. The number of carbonyl (C=O) groups is 1. The number of rotatable bonds is 7. The molecule has 1 aromatic rings. The third kappa shape index (κ3) is 4.08. The fraction of sp³-hybridized carbons (Fsp3) is 0.571. The number of hydrogen-bond acceptors (Lipinski definition) is 4. The number of anilines is 1. The Labute approximate surface area is 125 Å². The van der Waals surface area contributed by atoms with Gasteiger partial charge in [0.05, 0.1) is 6.61 Å². The van der Waals surface area contributed by atoms with Crippen molar-refractivity contribution in [1.29, 1.82) is 0 Å². The molecular formula is C14H22ClN3O2. The van der Waals surface area contributed by atoms with Crippen LogP contribution in [0.1, 0.15) is 37.0 Å². The van der Waals surface area contributed by atoms with Crippen molar-refractivity contribution < 1.29 is 9.90 Å². The zero-order valence-corrected chi connectivity index (χ0v) is 12.9. The lowest BCUT2D eigenvalue weighted by atomic mass is 10.1. The van der Waals surface area contributed by atoms with Crippen LogP contribution in [-0.4, -0.2) is 47.1 Å². The minimum Gasteiger partial charge on any atom is -0.395 e. The predicted molar refractivity (Wildman–Crippen MR) is 81.3 cm³/mol. The first-order valence-corrected chi connectivity index (χ1v) is 7.22. The van der Waals surface area contributed by atoms with Crippen LogP contribution in [0.15, 0.2) is 12.1 Å². The highest BCUT2D eigenvalue weighted by Gasteiger charge is 2.22. The number of hydrogen-bond donors (Lipinski definition) is 2. The molecule has 0 spiro atoms.